The number of nitrogens with one attached hydrogen (secondary N) is 2. The van der Waals surface area contributed by atoms with E-state index in [1.54, 1.807) is 46.8 Å². The first-order chi connectivity index (χ1) is 14.3. The maximum atomic E-state index is 12.7. The van der Waals surface area contributed by atoms with E-state index in [0.717, 1.165) is 0 Å². The fraction of sp³-hybridized carbons (Fsp3) is 0.476. The number of benzene rings is 1. The molecule has 0 radical (unpaired) electrons. The van der Waals surface area contributed by atoms with Gasteiger partial charge in [-0.1, -0.05) is 31.0 Å². The summed E-state index contributed by atoms with van der Waals surface area (Å²) < 4.78 is 5.10. The van der Waals surface area contributed by atoms with Gasteiger partial charge in [-0.15, -0.1) is 0 Å². The maximum absolute atomic E-state index is 12.7. The van der Waals surface area contributed by atoms with E-state index in [4.69, 9.17) is 9.57 Å². The number of fused-ring (bicyclic) bond motifs is 1. The number of imide groups is 1. The number of hydroxylamine groups is 2. The summed E-state index contributed by atoms with van der Waals surface area (Å²) in [5, 5.41) is 5.24. The number of nitrogens with zero attached hydrogens (tertiary/aromatic N) is 1. The van der Waals surface area contributed by atoms with Gasteiger partial charge in [0.1, 0.15) is 17.7 Å². The average Bonchev–Trinajstić information content (AvgIpc) is 2.89. The van der Waals surface area contributed by atoms with E-state index in [-0.39, 0.29) is 11.1 Å². The van der Waals surface area contributed by atoms with E-state index in [1.807, 2.05) is 0 Å². The van der Waals surface area contributed by atoms with Crippen molar-refractivity contribution in [3.05, 3.63) is 35.4 Å². The van der Waals surface area contributed by atoms with E-state index in [2.05, 4.69) is 10.6 Å². The minimum Gasteiger partial charge on any atom is -0.444 e. The zero-order valence-electron chi connectivity index (χ0n) is 18.3. The first kappa shape index (κ1) is 23.8. The molecular formula is C21H27N3O7. The zero-order valence-corrected chi connectivity index (χ0v) is 18.3. The smallest absolute Gasteiger partial charge is 0.408 e. The third-order valence-corrected chi connectivity index (χ3v) is 4.28. The fourth-order valence-electron chi connectivity index (χ4n) is 2.72. The lowest BCUT2D eigenvalue weighted by atomic mass is 10.0. The van der Waals surface area contributed by atoms with E-state index in [9.17, 15) is 24.0 Å². The molecular weight excluding hydrogens is 406 g/mol. The van der Waals surface area contributed by atoms with E-state index < -0.39 is 53.4 Å². The maximum Gasteiger partial charge on any atom is 0.408 e. The van der Waals surface area contributed by atoms with E-state index in [0.29, 0.717) is 5.06 Å². The van der Waals surface area contributed by atoms with Gasteiger partial charge in [0.25, 0.3) is 11.8 Å². The highest BCUT2D eigenvalue weighted by Gasteiger charge is 2.40. The highest BCUT2D eigenvalue weighted by Crippen LogP contribution is 2.23. The van der Waals surface area contributed by atoms with Gasteiger partial charge >= 0.3 is 12.1 Å². The minimum atomic E-state index is -1.17. The Morgan fingerprint density at radius 1 is 0.935 bits per heavy atom. The second kappa shape index (κ2) is 9.15. The summed E-state index contributed by atoms with van der Waals surface area (Å²) in [6.07, 6.45) is -0.787. The van der Waals surface area contributed by atoms with Crippen molar-refractivity contribution in [2.75, 3.05) is 0 Å². The van der Waals surface area contributed by atoms with Crippen molar-refractivity contribution in [2.45, 2.75) is 59.2 Å². The zero-order chi connectivity index (χ0) is 23.5. The first-order valence-electron chi connectivity index (χ1n) is 9.81. The van der Waals surface area contributed by atoms with Crippen LogP contribution in [0.25, 0.3) is 0 Å². The number of carbonyl (C=O) groups is 5. The van der Waals surface area contributed by atoms with Gasteiger partial charge in [0.2, 0.25) is 5.91 Å². The molecule has 0 aromatic heterocycles. The second-order valence-electron chi connectivity index (χ2n) is 8.46. The number of alkyl carbamates (subject to hydrolysis) is 1. The SMILES string of the molecule is CC(C)[C@H](NC(=O)[C@H](C)NC(=O)OC(C)(C)C)C(=O)ON1C(=O)c2ccccc2C1=O. The van der Waals surface area contributed by atoms with Crippen LogP contribution >= 0.6 is 0 Å². The van der Waals surface area contributed by atoms with Crippen LogP contribution in [0.1, 0.15) is 62.3 Å². The van der Waals surface area contributed by atoms with E-state index >= 15 is 0 Å². The molecule has 0 bridgehead atoms. The fourth-order valence-corrected chi connectivity index (χ4v) is 2.72. The highest BCUT2D eigenvalue weighted by molar-refractivity contribution is 6.21. The van der Waals surface area contributed by atoms with Crippen LogP contribution in [0.4, 0.5) is 4.79 Å². The van der Waals surface area contributed by atoms with Crippen LogP contribution in [-0.2, 0) is 19.2 Å². The topological polar surface area (TPSA) is 131 Å². The molecule has 4 amide bonds. The molecule has 0 aliphatic carbocycles. The highest BCUT2D eigenvalue weighted by atomic mass is 16.7. The number of carbonyl (C=O) groups excluding carboxylic acids is 5. The summed E-state index contributed by atoms with van der Waals surface area (Å²) in [7, 11) is 0. The normalized spacial score (nSPS) is 15.3. The minimum absolute atomic E-state index is 0.126. The molecule has 0 unspecified atom stereocenters. The summed E-state index contributed by atoms with van der Waals surface area (Å²) in [6, 6.07) is 3.91. The lowest BCUT2D eigenvalue weighted by Gasteiger charge is -2.25. The number of rotatable bonds is 6. The standard InChI is InChI=1S/C21H27N3O7/c1-11(2)15(23-16(25)12(3)22-20(29)30-21(4,5)6)19(28)31-24-17(26)13-9-7-8-10-14(13)18(24)27/h7-12,15H,1-6H3,(H,22,29)(H,23,25)/t12-,15-/m0/s1. The Labute approximate surface area is 180 Å². The summed E-state index contributed by atoms with van der Waals surface area (Å²) in [5.74, 6) is -3.60. The molecule has 0 fully saturated rings. The van der Waals surface area contributed by atoms with Crippen LogP contribution in [0, 0.1) is 5.92 Å². The van der Waals surface area contributed by atoms with Gasteiger partial charge in [-0.25, -0.2) is 9.59 Å². The monoisotopic (exact) mass is 433 g/mol. The summed E-state index contributed by atoms with van der Waals surface area (Å²) in [6.45, 7) is 9.78. The molecule has 2 rings (SSSR count). The molecule has 0 saturated heterocycles. The lowest BCUT2D eigenvalue weighted by Crippen LogP contribution is -2.54. The molecule has 1 aromatic carbocycles. The Balaban J connectivity index is 2.03. The Kier molecular flexibility index (Phi) is 7.04. The Bertz CT molecular complexity index is 869. The molecule has 1 aromatic rings. The second-order valence-corrected chi connectivity index (χ2v) is 8.46. The molecule has 168 valence electrons. The number of hydrogen-bond donors (Lipinski definition) is 2. The van der Waals surface area contributed by atoms with Gasteiger partial charge in [0.15, 0.2) is 0 Å². The quantitative estimate of drug-likeness (QED) is 0.654. The Hall–Kier alpha value is -3.43. The van der Waals surface area contributed by atoms with E-state index in [1.165, 1.54) is 19.1 Å². The van der Waals surface area contributed by atoms with Crippen molar-refractivity contribution >= 4 is 29.8 Å². The Morgan fingerprint density at radius 2 is 1.45 bits per heavy atom. The van der Waals surface area contributed by atoms with Gasteiger partial charge in [-0.05, 0) is 45.7 Å². The first-order valence-corrected chi connectivity index (χ1v) is 9.81. The van der Waals surface area contributed by atoms with Gasteiger partial charge in [0, 0.05) is 0 Å². The predicted molar refractivity (Wildman–Crippen MR) is 109 cm³/mol. The largest absolute Gasteiger partial charge is 0.444 e. The van der Waals surface area contributed by atoms with Crippen LogP contribution in [0.5, 0.6) is 0 Å². The van der Waals surface area contributed by atoms with Crippen molar-refractivity contribution < 1.29 is 33.5 Å². The molecule has 1 heterocycles. The van der Waals surface area contributed by atoms with Crippen LogP contribution in [0.3, 0.4) is 0 Å². The van der Waals surface area contributed by atoms with Crippen molar-refractivity contribution in [1.82, 2.24) is 15.7 Å². The average molecular weight is 433 g/mol. The third kappa shape index (κ3) is 5.80. The molecule has 2 N–H and O–H groups in total. The van der Waals surface area contributed by atoms with Crippen molar-refractivity contribution in [1.29, 1.82) is 0 Å². The molecule has 0 spiro atoms. The van der Waals surface area contributed by atoms with Crippen LogP contribution < -0.4 is 10.6 Å². The predicted octanol–water partition coefficient (Wildman–Crippen LogP) is 1.79. The van der Waals surface area contributed by atoms with Crippen molar-refractivity contribution in [2.24, 2.45) is 5.92 Å². The summed E-state index contributed by atoms with van der Waals surface area (Å²) in [5.41, 5.74) is -0.488. The summed E-state index contributed by atoms with van der Waals surface area (Å²) in [4.78, 5) is 66.8. The number of amides is 4. The molecule has 31 heavy (non-hydrogen) atoms. The van der Waals surface area contributed by atoms with Crippen LogP contribution in [0.15, 0.2) is 24.3 Å². The van der Waals surface area contributed by atoms with Gasteiger partial charge in [-0.3, -0.25) is 14.4 Å². The number of hydrogen-bond acceptors (Lipinski definition) is 7. The van der Waals surface area contributed by atoms with Crippen molar-refractivity contribution in [3.8, 4) is 0 Å². The van der Waals surface area contributed by atoms with Crippen LogP contribution in [0.2, 0.25) is 0 Å². The molecule has 10 nitrogen and oxygen atoms in total. The lowest BCUT2D eigenvalue weighted by molar-refractivity contribution is -0.173. The van der Waals surface area contributed by atoms with Crippen molar-refractivity contribution in [3.63, 3.8) is 0 Å². The number of ether oxygens (including phenoxy) is 1. The molecule has 0 saturated carbocycles. The molecule has 1 aliphatic rings. The van der Waals surface area contributed by atoms with Gasteiger partial charge < -0.3 is 20.2 Å². The molecule has 2 atom stereocenters. The molecule has 10 heteroatoms. The Morgan fingerprint density at radius 3 is 1.90 bits per heavy atom. The van der Waals surface area contributed by atoms with Crippen LogP contribution in [-0.4, -0.2) is 52.5 Å². The van der Waals surface area contributed by atoms with Gasteiger partial charge in [0.05, 0.1) is 11.1 Å². The van der Waals surface area contributed by atoms with Gasteiger partial charge in [-0.2, -0.15) is 0 Å². The third-order valence-electron chi connectivity index (χ3n) is 4.28. The summed E-state index contributed by atoms with van der Waals surface area (Å²) >= 11 is 0. The molecule has 1 aliphatic heterocycles.